The summed E-state index contributed by atoms with van der Waals surface area (Å²) in [6.07, 6.45) is 1.79. The maximum absolute atomic E-state index is 14.4. The van der Waals surface area contributed by atoms with Gasteiger partial charge in [0.25, 0.3) is 5.56 Å². The average Bonchev–Trinajstić information content (AvgIpc) is 3.44. The number of nitrogens with zero attached hydrogens (tertiary/aromatic N) is 3. The van der Waals surface area contributed by atoms with Crippen LogP contribution in [0.5, 0.6) is 11.5 Å². The SMILES string of the molecule is CCOC(=O)C1=C(c2ccccc2)N=c2s/c(=C\c3cc(Br)c(OCc4ccc(C#N)cc4)c(OC)c3)c(=O)n2C1c1ccc(C(C)C)cc1. The number of fused-ring (bicyclic) bond motifs is 1. The Kier molecular flexibility index (Phi) is 10.5. The van der Waals surface area contributed by atoms with E-state index < -0.39 is 12.0 Å². The first kappa shape index (κ1) is 34.6. The number of ether oxygens (including phenoxy) is 3. The van der Waals surface area contributed by atoms with Crippen LogP contribution in [0.15, 0.2) is 111 Å². The van der Waals surface area contributed by atoms with Crippen LogP contribution in [0.4, 0.5) is 0 Å². The summed E-state index contributed by atoms with van der Waals surface area (Å²) in [5.74, 6) is 0.778. The Balaban J connectivity index is 1.47. The van der Waals surface area contributed by atoms with Crippen molar-refractivity contribution in [1.29, 1.82) is 5.26 Å². The van der Waals surface area contributed by atoms with Gasteiger partial charge in [0.05, 0.1) is 51.7 Å². The van der Waals surface area contributed by atoms with Crippen molar-refractivity contribution in [3.05, 3.63) is 154 Å². The molecule has 2 heterocycles. The van der Waals surface area contributed by atoms with Crippen molar-refractivity contribution in [1.82, 2.24) is 4.57 Å². The lowest BCUT2D eigenvalue weighted by Crippen LogP contribution is -2.40. The van der Waals surface area contributed by atoms with E-state index in [1.165, 1.54) is 11.3 Å². The molecular formula is C40H34BrN3O5S. The van der Waals surface area contributed by atoms with E-state index in [1.54, 1.807) is 42.9 Å². The highest BCUT2D eigenvalue weighted by Crippen LogP contribution is 2.38. The van der Waals surface area contributed by atoms with Gasteiger partial charge >= 0.3 is 5.97 Å². The van der Waals surface area contributed by atoms with Crippen molar-refractivity contribution in [2.75, 3.05) is 13.7 Å². The lowest BCUT2D eigenvalue weighted by Gasteiger charge is -2.26. The third-order valence-electron chi connectivity index (χ3n) is 8.31. The molecule has 0 fully saturated rings. The van der Waals surface area contributed by atoms with Crippen LogP contribution in [0.2, 0.25) is 0 Å². The molecule has 8 nitrogen and oxygen atoms in total. The minimum atomic E-state index is -0.761. The molecule has 0 saturated carbocycles. The number of aromatic nitrogens is 1. The van der Waals surface area contributed by atoms with Crippen LogP contribution in [0.25, 0.3) is 11.8 Å². The summed E-state index contributed by atoms with van der Waals surface area (Å²) in [5, 5.41) is 9.09. The van der Waals surface area contributed by atoms with E-state index >= 15 is 0 Å². The molecule has 252 valence electrons. The molecule has 0 aliphatic carbocycles. The third-order valence-corrected chi connectivity index (χ3v) is 9.88. The van der Waals surface area contributed by atoms with Crippen LogP contribution >= 0.6 is 27.3 Å². The standard InChI is InChI=1S/C40H34BrN3O5S/c1-5-48-39(46)34-35(29-9-7-6-8-10-29)43-40-44(36(34)30-17-15-28(16-18-30)24(2)3)38(45)33(50-40)21-27-19-31(41)37(32(20-27)47-4)49-23-26-13-11-25(22-42)12-14-26/h6-21,24,36H,5,23H2,1-4H3/b33-21-. The minimum absolute atomic E-state index is 0.178. The summed E-state index contributed by atoms with van der Waals surface area (Å²) < 4.78 is 20.1. The first-order valence-corrected chi connectivity index (χ1v) is 17.7. The van der Waals surface area contributed by atoms with E-state index in [-0.39, 0.29) is 18.8 Å². The second kappa shape index (κ2) is 15.1. The Morgan fingerprint density at radius 3 is 2.42 bits per heavy atom. The van der Waals surface area contributed by atoms with Gasteiger partial charge in [-0.3, -0.25) is 9.36 Å². The number of methoxy groups -OCH3 is 1. The van der Waals surface area contributed by atoms with Crippen molar-refractivity contribution in [2.24, 2.45) is 4.99 Å². The zero-order valence-electron chi connectivity index (χ0n) is 28.0. The summed E-state index contributed by atoms with van der Waals surface area (Å²) in [6, 6.07) is 29.7. The van der Waals surface area contributed by atoms with Gasteiger partial charge in [0.15, 0.2) is 16.3 Å². The molecular weight excluding hydrogens is 714 g/mol. The number of carbonyl (C=O) groups excluding carboxylic acids is 1. The van der Waals surface area contributed by atoms with Gasteiger partial charge < -0.3 is 14.2 Å². The van der Waals surface area contributed by atoms with Crippen LogP contribution < -0.4 is 24.4 Å². The number of thiazole rings is 1. The number of hydrogen-bond donors (Lipinski definition) is 0. The Hall–Kier alpha value is -5.24. The van der Waals surface area contributed by atoms with Crippen LogP contribution in [-0.2, 0) is 16.1 Å². The zero-order valence-corrected chi connectivity index (χ0v) is 30.4. The molecule has 1 aromatic heterocycles. The minimum Gasteiger partial charge on any atom is -0.493 e. The van der Waals surface area contributed by atoms with E-state index in [9.17, 15) is 9.59 Å². The van der Waals surface area contributed by atoms with E-state index in [4.69, 9.17) is 24.5 Å². The summed E-state index contributed by atoms with van der Waals surface area (Å²) >= 11 is 4.88. The predicted molar refractivity (Wildman–Crippen MR) is 198 cm³/mol. The molecule has 10 heteroatoms. The molecule has 1 aliphatic heterocycles. The van der Waals surface area contributed by atoms with E-state index in [0.29, 0.717) is 53.6 Å². The van der Waals surface area contributed by atoms with Crippen molar-refractivity contribution in [3.8, 4) is 17.6 Å². The van der Waals surface area contributed by atoms with Gasteiger partial charge in [0.2, 0.25) is 0 Å². The molecule has 0 saturated heterocycles. The number of benzene rings is 4. The van der Waals surface area contributed by atoms with E-state index in [0.717, 1.165) is 22.3 Å². The fraction of sp³-hybridized carbons (Fsp3) is 0.200. The third kappa shape index (κ3) is 7.06. The molecule has 1 atom stereocenters. The Bertz CT molecular complexity index is 2300. The molecule has 0 spiro atoms. The van der Waals surface area contributed by atoms with E-state index in [2.05, 4.69) is 35.8 Å². The first-order chi connectivity index (χ1) is 24.2. The number of rotatable bonds is 10. The van der Waals surface area contributed by atoms with Crippen molar-refractivity contribution < 1.29 is 19.0 Å². The highest BCUT2D eigenvalue weighted by atomic mass is 79.9. The second-order valence-electron chi connectivity index (χ2n) is 11.9. The number of halogens is 1. The Morgan fingerprint density at radius 1 is 1.06 bits per heavy atom. The monoisotopic (exact) mass is 747 g/mol. The van der Waals surface area contributed by atoms with Gasteiger partial charge in [-0.15, -0.1) is 0 Å². The molecule has 5 aromatic rings. The van der Waals surface area contributed by atoms with Crippen molar-refractivity contribution >= 4 is 45.0 Å². The Morgan fingerprint density at radius 2 is 1.78 bits per heavy atom. The van der Waals surface area contributed by atoms with Gasteiger partial charge in [-0.05, 0) is 81.4 Å². The fourth-order valence-corrected chi connectivity index (χ4v) is 7.34. The quantitative estimate of drug-likeness (QED) is 0.139. The Labute approximate surface area is 302 Å². The van der Waals surface area contributed by atoms with Crippen molar-refractivity contribution in [2.45, 2.75) is 39.3 Å². The molecule has 1 unspecified atom stereocenters. The lowest BCUT2D eigenvalue weighted by molar-refractivity contribution is -0.138. The first-order valence-electron chi connectivity index (χ1n) is 16.1. The highest BCUT2D eigenvalue weighted by molar-refractivity contribution is 9.10. The van der Waals surface area contributed by atoms with Gasteiger partial charge in [0, 0.05) is 5.56 Å². The van der Waals surface area contributed by atoms with Gasteiger partial charge in [0.1, 0.15) is 6.61 Å². The molecule has 0 amide bonds. The topological polar surface area (TPSA) is 103 Å². The predicted octanol–water partition coefficient (Wildman–Crippen LogP) is 7.28. The smallest absolute Gasteiger partial charge is 0.338 e. The largest absolute Gasteiger partial charge is 0.493 e. The van der Waals surface area contributed by atoms with Crippen molar-refractivity contribution in [3.63, 3.8) is 0 Å². The van der Waals surface area contributed by atoms with Crippen LogP contribution in [0.3, 0.4) is 0 Å². The summed E-state index contributed by atoms with van der Waals surface area (Å²) in [4.78, 5) is 33.6. The maximum Gasteiger partial charge on any atom is 0.338 e. The fourth-order valence-electron chi connectivity index (χ4n) is 5.76. The maximum atomic E-state index is 14.4. The average molecular weight is 749 g/mol. The molecule has 0 radical (unpaired) electrons. The molecule has 6 rings (SSSR count). The number of carbonyl (C=O) groups is 1. The second-order valence-corrected chi connectivity index (χ2v) is 13.7. The molecule has 50 heavy (non-hydrogen) atoms. The van der Waals surface area contributed by atoms with Crippen LogP contribution in [0.1, 0.15) is 66.1 Å². The lowest BCUT2D eigenvalue weighted by atomic mass is 9.91. The normalized spacial score (nSPS) is 14.2. The number of esters is 1. The number of nitriles is 1. The highest BCUT2D eigenvalue weighted by Gasteiger charge is 2.35. The van der Waals surface area contributed by atoms with Gasteiger partial charge in [-0.25, -0.2) is 9.79 Å². The van der Waals surface area contributed by atoms with Gasteiger partial charge in [-0.1, -0.05) is 91.9 Å². The van der Waals surface area contributed by atoms with Crippen LogP contribution in [0, 0.1) is 11.3 Å². The van der Waals surface area contributed by atoms with E-state index in [1.807, 2.05) is 72.8 Å². The molecule has 4 aromatic carbocycles. The number of hydrogen-bond acceptors (Lipinski definition) is 8. The zero-order chi connectivity index (χ0) is 35.4. The molecule has 0 N–H and O–H groups in total. The van der Waals surface area contributed by atoms with Gasteiger partial charge in [-0.2, -0.15) is 5.26 Å². The van der Waals surface area contributed by atoms with Crippen LogP contribution in [-0.4, -0.2) is 24.3 Å². The summed E-state index contributed by atoms with van der Waals surface area (Å²) in [7, 11) is 1.56. The molecule has 1 aliphatic rings. The molecule has 0 bridgehead atoms. The summed E-state index contributed by atoms with van der Waals surface area (Å²) in [5.41, 5.74) is 5.36. The summed E-state index contributed by atoms with van der Waals surface area (Å²) in [6.45, 7) is 6.45.